The molecule has 2 heterocycles. The summed E-state index contributed by atoms with van der Waals surface area (Å²) in [6, 6.07) is 3.93. The van der Waals surface area contributed by atoms with Crippen molar-refractivity contribution in [3.63, 3.8) is 0 Å². The van der Waals surface area contributed by atoms with Gasteiger partial charge in [-0.15, -0.1) is 0 Å². The van der Waals surface area contributed by atoms with Crippen LogP contribution < -0.4 is 21.1 Å². The van der Waals surface area contributed by atoms with E-state index in [2.05, 4.69) is 22.3 Å². The van der Waals surface area contributed by atoms with E-state index in [1.54, 1.807) is 0 Å². The second-order valence-corrected chi connectivity index (χ2v) is 6.28. The molecule has 5 heteroatoms. The molecule has 0 saturated carbocycles. The van der Waals surface area contributed by atoms with Gasteiger partial charge in [0.25, 0.3) is 5.91 Å². The largest absolute Gasteiger partial charge is 0.371 e. The molecule has 2 saturated heterocycles. The number of nitrogens with one attached hydrogen (secondary N) is 1. The van der Waals surface area contributed by atoms with E-state index >= 15 is 0 Å². The molecular weight excluding hydrogens is 276 g/mol. The molecule has 0 unspecified atom stereocenters. The highest BCUT2D eigenvalue weighted by molar-refractivity contribution is 6.00. The van der Waals surface area contributed by atoms with Crippen LogP contribution in [0.3, 0.4) is 0 Å². The van der Waals surface area contributed by atoms with Crippen molar-refractivity contribution in [1.82, 2.24) is 5.43 Å². The average molecular weight is 302 g/mol. The zero-order valence-corrected chi connectivity index (χ0v) is 13.4. The van der Waals surface area contributed by atoms with Gasteiger partial charge in [-0.05, 0) is 50.3 Å². The maximum atomic E-state index is 11.8. The van der Waals surface area contributed by atoms with Gasteiger partial charge in [0.1, 0.15) is 0 Å². The summed E-state index contributed by atoms with van der Waals surface area (Å²) in [5.74, 6) is -0.333. The number of rotatable bonds is 3. The lowest BCUT2D eigenvalue weighted by atomic mass is 10.0. The topological polar surface area (TPSA) is 61.6 Å². The van der Waals surface area contributed by atoms with Crippen molar-refractivity contribution in [1.29, 1.82) is 0 Å². The fourth-order valence-corrected chi connectivity index (χ4v) is 3.60. The van der Waals surface area contributed by atoms with Crippen molar-refractivity contribution < 1.29 is 4.79 Å². The standard InChI is InChI=1S/C17H26N4O/c1-13-15(21-12-4-2-3-9-19-21)8-7-14(17(18)22)16(13)20-10-5-6-11-20/h7-8,19H,2-6,9-12H2,1H3,(H2,18,22). The molecule has 0 aliphatic carbocycles. The Kier molecular flexibility index (Phi) is 4.52. The Morgan fingerprint density at radius 2 is 1.82 bits per heavy atom. The van der Waals surface area contributed by atoms with Crippen LogP contribution in [0.15, 0.2) is 12.1 Å². The van der Waals surface area contributed by atoms with Crippen LogP contribution in [0.5, 0.6) is 0 Å². The molecule has 1 aromatic carbocycles. The summed E-state index contributed by atoms with van der Waals surface area (Å²) in [5, 5.41) is 2.24. The van der Waals surface area contributed by atoms with E-state index in [4.69, 9.17) is 5.73 Å². The van der Waals surface area contributed by atoms with Crippen molar-refractivity contribution in [3.8, 4) is 0 Å². The monoisotopic (exact) mass is 302 g/mol. The van der Waals surface area contributed by atoms with Crippen molar-refractivity contribution in [3.05, 3.63) is 23.3 Å². The summed E-state index contributed by atoms with van der Waals surface area (Å²) in [6.45, 7) is 6.16. The molecule has 0 atom stereocenters. The number of hydrogen-bond donors (Lipinski definition) is 2. The molecule has 2 aliphatic rings. The van der Waals surface area contributed by atoms with Crippen LogP contribution in [0.4, 0.5) is 11.4 Å². The average Bonchev–Trinajstić information content (AvgIpc) is 2.89. The molecule has 0 radical (unpaired) electrons. The predicted octanol–water partition coefficient (Wildman–Crippen LogP) is 2.19. The van der Waals surface area contributed by atoms with Crippen molar-refractivity contribution in [2.75, 3.05) is 36.1 Å². The summed E-state index contributed by atoms with van der Waals surface area (Å²) < 4.78 is 0. The third kappa shape index (κ3) is 2.90. The second kappa shape index (κ2) is 6.57. The maximum absolute atomic E-state index is 11.8. The van der Waals surface area contributed by atoms with Crippen LogP contribution in [-0.4, -0.2) is 32.1 Å². The number of carbonyl (C=O) groups excluding carboxylic acids is 1. The van der Waals surface area contributed by atoms with Crippen LogP contribution >= 0.6 is 0 Å². The minimum atomic E-state index is -0.333. The third-order valence-corrected chi connectivity index (χ3v) is 4.74. The van der Waals surface area contributed by atoms with Crippen LogP contribution in [0.25, 0.3) is 0 Å². The fraction of sp³-hybridized carbons (Fsp3) is 0.588. The first-order valence-electron chi connectivity index (χ1n) is 8.38. The molecule has 5 nitrogen and oxygen atoms in total. The zero-order chi connectivity index (χ0) is 15.5. The Balaban J connectivity index is 2.00. The second-order valence-electron chi connectivity index (χ2n) is 6.28. The van der Waals surface area contributed by atoms with Crippen molar-refractivity contribution >= 4 is 17.3 Å². The molecule has 1 aromatic rings. The predicted molar refractivity (Wildman–Crippen MR) is 90.3 cm³/mol. The first kappa shape index (κ1) is 15.2. The van der Waals surface area contributed by atoms with Crippen LogP contribution in [0, 0.1) is 6.92 Å². The highest BCUT2D eigenvalue weighted by Crippen LogP contribution is 2.34. The smallest absolute Gasteiger partial charge is 0.250 e. The summed E-state index contributed by atoms with van der Waals surface area (Å²) in [4.78, 5) is 14.2. The quantitative estimate of drug-likeness (QED) is 0.898. The van der Waals surface area contributed by atoms with E-state index in [1.165, 1.54) is 37.8 Å². The number of nitrogens with zero attached hydrogens (tertiary/aromatic N) is 2. The fourth-order valence-electron chi connectivity index (χ4n) is 3.60. The molecule has 3 N–H and O–H groups in total. The molecule has 3 rings (SSSR count). The van der Waals surface area contributed by atoms with Gasteiger partial charge in [-0.3, -0.25) is 4.79 Å². The van der Waals surface area contributed by atoms with Gasteiger partial charge in [0.05, 0.1) is 16.9 Å². The van der Waals surface area contributed by atoms with Crippen LogP contribution in [-0.2, 0) is 0 Å². The molecule has 120 valence electrons. The van der Waals surface area contributed by atoms with E-state index < -0.39 is 0 Å². The summed E-state index contributed by atoms with van der Waals surface area (Å²) in [5.41, 5.74) is 13.1. The van der Waals surface area contributed by atoms with E-state index in [-0.39, 0.29) is 5.91 Å². The van der Waals surface area contributed by atoms with Gasteiger partial charge in [0.15, 0.2) is 0 Å². The van der Waals surface area contributed by atoms with Crippen molar-refractivity contribution in [2.24, 2.45) is 5.73 Å². The summed E-state index contributed by atoms with van der Waals surface area (Å²) in [6.07, 6.45) is 6.05. The van der Waals surface area contributed by atoms with Crippen LogP contribution in [0.2, 0.25) is 0 Å². The van der Waals surface area contributed by atoms with E-state index in [1.807, 2.05) is 12.1 Å². The van der Waals surface area contributed by atoms with Gasteiger partial charge < -0.3 is 15.6 Å². The molecule has 2 aliphatic heterocycles. The highest BCUT2D eigenvalue weighted by Gasteiger charge is 2.24. The lowest BCUT2D eigenvalue weighted by Gasteiger charge is -2.30. The number of anilines is 2. The van der Waals surface area contributed by atoms with Gasteiger partial charge in [-0.2, -0.15) is 0 Å². The number of primary amides is 1. The van der Waals surface area contributed by atoms with Crippen LogP contribution in [0.1, 0.15) is 48.0 Å². The van der Waals surface area contributed by atoms with Gasteiger partial charge in [0, 0.05) is 26.2 Å². The lowest BCUT2D eigenvalue weighted by molar-refractivity contribution is 0.100. The number of amides is 1. The molecule has 22 heavy (non-hydrogen) atoms. The normalized spacial score (nSPS) is 19.3. The highest BCUT2D eigenvalue weighted by atomic mass is 16.1. The number of nitrogens with two attached hydrogens (primary N) is 1. The Bertz CT molecular complexity index is 544. The Labute approximate surface area is 132 Å². The lowest BCUT2D eigenvalue weighted by Crippen LogP contribution is -2.38. The number of hydrazine groups is 1. The molecule has 0 bridgehead atoms. The minimum Gasteiger partial charge on any atom is -0.371 e. The molecular formula is C17H26N4O. The molecule has 2 fully saturated rings. The van der Waals surface area contributed by atoms with E-state index in [0.29, 0.717) is 5.56 Å². The Morgan fingerprint density at radius 3 is 2.55 bits per heavy atom. The molecule has 0 spiro atoms. The third-order valence-electron chi connectivity index (χ3n) is 4.74. The first-order valence-corrected chi connectivity index (χ1v) is 8.38. The van der Waals surface area contributed by atoms with Gasteiger partial charge >= 0.3 is 0 Å². The Hall–Kier alpha value is -1.75. The first-order chi connectivity index (χ1) is 10.7. The number of carbonyl (C=O) groups is 1. The number of hydrogen-bond acceptors (Lipinski definition) is 4. The molecule has 0 aromatic heterocycles. The van der Waals surface area contributed by atoms with Gasteiger partial charge in [-0.25, -0.2) is 5.43 Å². The Morgan fingerprint density at radius 1 is 1.09 bits per heavy atom. The zero-order valence-electron chi connectivity index (χ0n) is 13.4. The van der Waals surface area contributed by atoms with E-state index in [0.717, 1.165) is 37.4 Å². The summed E-state index contributed by atoms with van der Waals surface area (Å²) in [7, 11) is 0. The van der Waals surface area contributed by atoms with Gasteiger partial charge in [-0.1, -0.05) is 6.42 Å². The maximum Gasteiger partial charge on any atom is 0.250 e. The van der Waals surface area contributed by atoms with Gasteiger partial charge in [0.2, 0.25) is 0 Å². The minimum absolute atomic E-state index is 0.333. The summed E-state index contributed by atoms with van der Waals surface area (Å²) >= 11 is 0. The number of benzene rings is 1. The van der Waals surface area contributed by atoms with Crippen molar-refractivity contribution in [2.45, 2.75) is 39.0 Å². The molecule has 1 amide bonds. The van der Waals surface area contributed by atoms with E-state index in [9.17, 15) is 4.79 Å². The SMILES string of the molecule is Cc1c(N2CCCCCN2)ccc(C(N)=O)c1N1CCCC1.